The average Bonchev–Trinajstić information content (AvgIpc) is 3.64. The number of β-amino-alcohol motifs (C(OH)–C–C–N with tert-alkyl or cyclic N) is 1. The van der Waals surface area contributed by atoms with Crippen LogP contribution in [-0.4, -0.2) is 127 Å². The lowest BCUT2D eigenvalue weighted by atomic mass is 9.85. The van der Waals surface area contributed by atoms with Crippen molar-refractivity contribution in [1.82, 2.24) is 25.4 Å². The van der Waals surface area contributed by atoms with Crippen molar-refractivity contribution in [1.29, 1.82) is 0 Å². The number of hydrogen-bond donors (Lipinski definition) is 4. The molecule has 0 radical (unpaired) electrons. The number of aryl methyl sites for hydroxylation is 1. The molecule has 4 amide bonds. The van der Waals surface area contributed by atoms with Crippen LogP contribution in [0.3, 0.4) is 0 Å². The Morgan fingerprint density at radius 1 is 1.04 bits per heavy atom. The van der Waals surface area contributed by atoms with Gasteiger partial charge in [-0.25, -0.2) is 9.78 Å². The van der Waals surface area contributed by atoms with Crippen molar-refractivity contribution in [3.63, 3.8) is 0 Å². The van der Waals surface area contributed by atoms with Crippen LogP contribution in [0.2, 0.25) is 0 Å². The Kier molecular flexibility index (Phi) is 14.7. The molecular formula is C33H49N5O9S. The zero-order valence-electron chi connectivity index (χ0n) is 28.6. The maximum absolute atomic E-state index is 13.8. The predicted octanol–water partition coefficient (Wildman–Crippen LogP) is 2.45. The molecule has 0 unspecified atom stereocenters. The van der Waals surface area contributed by atoms with Gasteiger partial charge in [0.15, 0.2) is 0 Å². The molecule has 0 saturated carbocycles. The normalized spacial score (nSPS) is 17.5. The van der Waals surface area contributed by atoms with Crippen molar-refractivity contribution in [3.05, 3.63) is 41.0 Å². The summed E-state index contributed by atoms with van der Waals surface area (Å²) in [6, 6.07) is 5.67. The first-order valence-electron chi connectivity index (χ1n) is 15.9. The molecule has 266 valence electrons. The minimum absolute atomic E-state index is 0.0234. The van der Waals surface area contributed by atoms with E-state index in [1.54, 1.807) is 11.3 Å². The average molecular weight is 692 g/mol. The fourth-order valence-corrected chi connectivity index (χ4v) is 5.93. The molecule has 4 N–H and O–H groups in total. The fourth-order valence-electron chi connectivity index (χ4n) is 5.12. The van der Waals surface area contributed by atoms with Gasteiger partial charge in [-0.1, -0.05) is 45.0 Å². The molecule has 3 rings (SSSR count). The van der Waals surface area contributed by atoms with Gasteiger partial charge in [0, 0.05) is 26.6 Å². The highest BCUT2D eigenvalue weighted by Crippen LogP contribution is 2.29. The molecule has 0 bridgehead atoms. The summed E-state index contributed by atoms with van der Waals surface area (Å²) in [6.07, 6.45) is -1.81. The third kappa shape index (κ3) is 11.5. The summed E-state index contributed by atoms with van der Waals surface area (Å²) in [5, 5.41) is 25.0. The van der Waals surface area contributed by atoms with Crippen LogP contribution < -0.4 is 10.6 Å². The molecule has 1 aromatic carbocycles. The minimum Gasteiger partial charge on any atom is -0.465 e. The number of nitrogens with one attached hydrogen (secondary N) is 2. The Hall–Kier alpha value is -3.63. The van der Waals surface area contributed by atoms with E-state index in [0.717, 1.165) is 26.6 Å². The second-order valence-corrected chi connectivity index (χ2v) is 13.7. The number of hydrogen-bond acceptors (Lipinski definition) is 10. The van der Waals surface area contributed by atoms with Crippen molar-refractivity contribution in [2.75, 3.05) is 59.8 Å². The number of ether oxygens (including phenoxy) is 3. The van der Waals surface area contributed by atoms with Gasteiger partial charge in [-0.05, 0) is 30.4 Å². The second kappa shape index (κ2) is 18.2. The Labute approximate surface area is 285 Å². The van der Waals surface area contributed by atoms with Crippen LogP contribution in [0.25, 0.3) is 10.4 Å². The quantitative estimate of drug-likeness (QED) is 0.180. The number of aromatic nitrogens is 1. The van der Waals surface area contributed by atoms with E-state index in [2.05, 4.69) is 15.6 Å². The molecule has 2 aromatic rings. The van der Waals surface area contributed by atoms with Gasteiger partial charge in [0.25, 0.3) is 0 Å². The number of benzene rings is 1. The summed E-state index contributed by atoms with van der Waals surface area (Å²) in [5.74, 6) is -1.34. The van der Waals surface area contributed by atoms with Gasteiger partial charge >= 0.3 is 6.09 Å². The molecular weight excluding hydrogens is 642 g/mol. The summed E-state index contributed by atoms with van der Waals surface area (Å²) < 4.78 is 16.1. The standard InChI is InChI=1S/C33H49N5O9S/c1-21(23-7-9-24(10-8-23)28-22(2)34-20-48-28)35-30(41)26-17-25(39)18-38(26)31(42)29(33(3,4)5)36-27(40)19-47-16-15-46-14-13-45-12-11-37(6)32(43)44/h7-10,20-21,25-26,29,39H,11-19H2,1-6H3,(H,35,41)(H,36,40)(H,43,44)/t21-,25+,26-,29+/m0/s1. The van der Waals surface area contributed by atoms with Gasteiger partial charge in [0.05, 0.1) is 61.3 Å². The van der Waals surface area contributed by atoms with E-state index in [1.807, 2.05) is 64.4 Å². The topological polar surface area (TPSA) is 180 Å². The molecule has 0 spiro atoms. The maximum Gasteiger partial charge on any atom is 0.407 e. The summed E-state index contributed by atoms with van der Waals surface area (Å²) in [7, 11) is 1.45. The van der Waals surface area contributed by atoms with Crippen molar-refractivity contribution < 1.29 is 43.6 Å². The van der Waals surface area contributed by atoms with E-state index >= 15 is 0 Å². The molecule has 2 heterocycles. The Morgan fingerprint density at radius 3 is 2.25 bits per heavy atom. The lowest BCUT2D eigenvalue weighted by Crippen LogP contribution is -2.58. The molecule has 0 aliphatic carbocycles. The highest BCUT2D eigenvalue weighted by molar-refractivity contribution is 7.13. The number of thiazole rings is 1. The van der Waals surface area contributed by atoms with E-state index in [4.69, 9.17) is 19.3 Å². The monoisotopic (exact) mass is 691 g/mol. The number of likely N-dealkylation sites (tertiary alicyclic amines) is 1. The Bertz CT molecular complexity index is 1360. The van der Waals surface area contributed by atoms with Gasteiger partial charge in [0.2, 0.25) is 17.7 Å². The first kappa shape index (κ1) is 38.8. The second-order valence-electron chi connectivity index (χ2n) is 12.9. The van der Waals surface area contributed by atoms with Crippen LogP contribution in [-0.2, 0) is 28.6 Å². The Balaban J connectivity index is 1.48. The summed E-state index contributed by atoms with van der Waals surface area (Å²) in [4.78, 5) is 58.7. The fraction of sp³-hybridized carbons (Fsp3) is 0.606. The smallest absolute Gasteiger partial charge is 0.407 e. The van der Waals surface area contributed by atoms with E-state index in [0.29, 0.717) is 0 Å². The SMILES string of the molecule is Cc1ncsc1-c1ccc([C@H](C)NC(=O)[C@@H]2C[C@@H](O)CN2C(=O)[C@@H](NC(=O)COCCOCCOCCN(C)C(=O)O)C(C)(C)C)cc1. The van der Waals surface area contributed by atoms with Crippen molar-refractivity contribution in [3.8, 4) is 10.4 Å². The van der Waals surface area contributed by atoms with Crippen molar-refractivity contribution in [2.24, 2.45) is 5.41 Å². The molecule has 48 heavy (non-hydrogen) atoms. The van der Waals surface area contributed by atoms with Crippen LogP contribution in [0.15, 0.2) is 29.8 Å². The minimum atomic E-state index is -1.03. The number of carbonyl (C=O) groups is 4. The third-order valence-corrected chi connectivity index (χ3v) is 8.91. The Morgan fingerprint density at radius 2 is 1.67 bits per heavy atom. The number of likely N-dealkylation sites (N-methyl/N-ethyl adjacent to an activating group) is 1. The lowest BCUT2D eigenvalue weighted by Gasteiger charge is -2.35. The lowest BCUT2D eigenvalue weighted by molar-refractivity contribution is -0.144. The maximum atomic E-state index is 13.8. The van der Waals surface area contributed by atoms with Crippen molar-refractivity contribution >= 4 is 35.2 Å². The van der Waals surface area contributed by atoms with E-state index < -0.39 is 41.5 Å². The summed E-state index contributed by atoms with van der Waals surface area (Å²) in [6.45, 7) is 10.4. The summed E-state index contributed by atoms with van der Waals surface area (Å²) >= 11 is 1.57. The largest absolute Gasteiger partial charge is 0.465 e. The van der Waals surface area contributed by atoms with Crippen LogP contribution in [0, 0.1) is 12.3 Å². The molecule has 1 fully saturated rings. The number of nitrogens with zero attached hydrogens (tertiary/aromatic N) is 3. The molecule has 1 saturated heterocycles. The van der Waals surface area contributed by atoms with Crippen molar-refractivity contribution in [2.45, 2.75) is 65.3 Å². The zero-order chi connectivity index (χ0) is 35.4. The van der Waals surface area contributed by atoms with Gasteiger partial charge in [-0.3, -0.25) is 14.4 Å². The van der Waals surface area contributed by atoms with Gasteiger partial charge in [-0.2, -0.15) is 0 Å². The van der Waals surface area contributed by atoms with E-state index in [-0.39, 0.29) is 71.1 Å². The van der Waals surface area contributed by atoms with Crippen LogP contribution in [0.4, 0.5) is 4.79 Å². The molecule has 1 aromatic heterocycles. The number of rotatable bonds is 17. The van der Waals surface area contributed by atoms with Gasteiger partial charge < -0.3 is 44.9 Å². The van der Waals surface area contributed by atoms with E-state index in [9.17, 15) is 24.3 Å². The molecule has 14 nitrogen and oxygen atoms in total. The number of carboxylic acid groups (broad SMARTS) is 1. The number of aliphatic hydroxyl groups excluding tert-OH is 1. The van der Waals surface area contributed by atoms with Crippen LogP contribution in [0.5, 0.6) is 0 Å². The molecule has 4 atom stereocenters. The first-order chi connectivity index (χ1) is 22.7. The zero-order valence-corrected chi connectivity index (χ0v) is 29.4. The molecule has 1 aliphatic rings. The van der Waals surface area contributed by atoms with Gasteiger partial charge in [-0.15, -0.1) is 11.3 Å². The predicted molar refractivity (Wildman–Crippen MR) is 179 cm³/mol. The summed E-state index contributed by atoms with van der Waals surface area (Å²) in [5.41, 5.74) is 4.01. The third-order valence-electron chi connectivity index (χ3n) is 7.93. The molecule has 15 heteroatoms. The number of carbonyl (C=O) groups excluding carboxylic acids is 3. The van der Waals surface area contributed by atoms with Gasteiger partial charge in [0.1, 0.15) is 18.7 Å². The molecule has 1 aliphatic heterocycles. The first-order valence-corrected chi connectivity index (χ1v) is 16.8. The van der Waals surface area contributed by atoms with Crippen LogP contribution >= 0.6 is 11.3 Å². The van der Waals surface area contributed by atoms with Crippen LogP contribution in [0.1, 0.15) is 51.4 Å². The highest BCUT2D eigenvalue weighted by atomic mass is 32.1. The number of amides is 4. The number of aliphatic hydroxyl groups is 1. The van der Waals surface area contributed by atoms with E-state index in [1.165, 1.54) is 11.9 Å². The highest BCUT2D eigenvalue weighted by Gasteiger charge is 2.44.